The molecular weight excluding hydrogens is 376 g/mol. The number of aryl methyl sites for hydroxylation is 2. The lowest BCUT2D eigenvalue weighted by Crippen LogP contribution is -2.44. The number of nitrogens with one attached hydrogen (secondary N) is 1. The number of benzene rings is 2. The zero-order chi connectivity index (χ0) is 20.8. The maximum atomic E-state index is 12.7. The third-order valence-corrected chi connectivity index (χ3v) is 6.26. The van der Waals surface area contributed by atoms with Gasteiger partial charge in [0.1, 0.15) is 5.75 Å². The molecule has 1 N–H and O–H groups in total. The molecule has 1 amide bonds. The molecule has 0 aromatic heterocycles. The van der Waals surface area contributed by atoms with E-state index in [1.807, 2.05) is 12.1 Å². The summed E-state index contributed by atoms with van der Waals surface area (Å²) < 4.78 is 10.8. The van der Waals surface area contributed by atoms with Crippen LogP contribution >= 0.6 is 0 Å². The first-order valence-electron chi connectivity index (χ1n) is 11.1. The average Bonchev–Trinajstić information content (AvgIpc) is 2.80. The van der Waals surface area contributed by atoms with E-state index in [1.165, 1.54) is 36.0 Å². The normalized spacial score (nSPS) is 17.8. The van der Waals surface area contributed by atoms with Gasteiger partial charge < -0.3 is 14.8 Å². The Balaban J connectivity index is 1.40. The van der Waals surface area contributed by atoms with Crippen molar-refractivity contribution in [1.82, 2.24) is 10.2 Å². The van der Waals surface area contributed by atoms with Crippen molar-refractivity contribution < 1.29 is 14.3 Å². The van der Waals surface area contributed by atoms with Gasteiger partial charge in [-0.3, -0.25) is 9.69 Å². The van der Waals surface area contributed by atoms with Crippen LogP contribution in [-0.4, -0.2) is 50.8 Å². The van der Waals surface area contributed by atoms with E-state index in [2.05, 4.69) is 40.5 Å². The third-order valence-electron chi connectivity index (χ3n) is 6.26. The van der Waals surface area contributed by atoms with Gasteiger partial charge >= 0.3 is 0 Å². The highest BCUT2D eigenvalue weighted by molar-refractivity contribution is 5.78. The van der Waals surface area contributed by atoms with Crippen LogP contribution in [0.4, 0.5) is 0 Å². The summed E-state index contributed by atoms with van der Waals surface area (Å²) in [6.45, 7) is 3.80. The van der Waals surface area contributed by atoms with Crippen LogP contribution < -0.4 is 10.1 Å². The molecule has 2 aromatic rings. The molecule has 1 saturated heterocycles. The molecule has 5 nitrogen and oxygen atoms in total. The first-order valence-corrected chi connectivity index (χ1v) is 11.1. The van der Waals surface area contributed by atoms with Gasteiger partial charge in [0.2, 0.25) is 5.91 Å². The van der Waals surface area contributed by atoms with Crippen LogP contribution in [0.25, 0.3) is 0 Å². The maximum absolute atomic E-state index is 12.7. The second-order valence-corrected chi connectivity index (χ2v) is 8.23. The van der Waals surface area contributed by atoms with Crippen molar-refractivity contribution in [2.75, 3.05) is 40.0 Å². The van der Waals surface area contributed by atoms with Crippen molar-refractivity contribution in [3.8, 4) is 5.75 Å². The predicted octanol–water partition coefficient (Wildman–Crippen LogP) is 3.31. The summed E-state index contributed by atoms with van der Waals surface area (Å²) in [4.78, 5) is 15.1. The van der Waals surface area contributed by atoms with Crippen LogP contribution in [0.1, 0.15) is 41.1 Å². The number of amides is 1. The highest BCUT2D eigenvalue weighted by Gasteiger charge is 2.23. The summed E-state index contributed by atoms with van der Waals surface area (Å²) in [7, 11) is 1.68. The van der Waals surface area contributed by atoms with E-state index in [9.17, 15) is 4.79 Å². The Morgan fingerprint density at radius 1 is 1.07 bits per heavy atom. The highest BCUT2D eigenvalue weighted by atomic mass is 16.5. The molecule has 1 atom stereocenters. The lowest BCUT2D eigenvalue weighted by atomic mass is 9.90. The number of hydrogen-bond donors (Lipinski definition) is 1. The number of ether oxygens (including phenoxy) is 2. The molecule has 160 valence electrons. The Hall–Kier alpha value is -2.37. The largest absolute Gasteiger partial charge is 0.497 e. The number of methoxy groups -OCH3 is 1. The zero-order valence-corrected chi connectivity index (χ0v) is 17.9. The molecule has 30 heavy (non-hydrogen) atoms. The summed E-state index contributed by atoms with van der Waals surface area (Å²) in [5, 5.41) is 3.18. The second-order valence-electron chi connectivity index (χ2n) is 8.23. The SMILES string of the molecule is COc1ccc([C@H](CNC(=O)Cc2ccc3c(c2)CCCC3)N2CCOCC2)cc1. The number of nitrogens with zero attached hydrogens (tertiary/aromatic N) is 1. The Kier molecular flexibility index (Phi) is 7.03. The van der Waals surface area contributed by atoms with E-state index < -0.39 is 0 Å². The molecule has 0 radical (unpaired) electrons. The summed E-state index contributed by atoms with van der Waals surface area (Å²) in [6.07, 6.45) is 5.28. The van der Waals surface area contributed by atoms with Crippen LogP contribution in [-0.2, 0) is 28.8 Å². The Morgan fingerprint density at radius 2 is 1.80 bits per heavy atom. The number of hydrogen-bond acceptors (Lipinski definition) is 4. The first-order chi connectivity index (χ1) is 14.7. The van der Waals surface area contributed by atoms with Crippen LogP contribution in [0.3, 0.4) is 0 Å². The monoisotopic (exact) mass is 408 g/mol. The van der Waals surface area contributed by atoms with Gasteiger partial charge in [0, 0.05) is 19.6 Å². The van der Waals surface area contributed by atoms with Crippen molar-refractivity contribution in [2.24, 2.45) is 0 Å². The topological polar surface area (TPSA) is 50.8 Å². The fourth-order valence-electron chi connectivity index (χ4n) is 4.53. The molecule has 1 heterocycles. The molecule has 4 rings (SSSR count). The van der Waals surface area contributed by atoms with Crippen molar-refractivity contribution in [3.63, 3.8) is 0 Å². The van der Waals surface area contributed by atoms with Gasteiger partial charge in [-0.15, -0.1) is 0 Å². The summed E-state index contributed by atoms with van der Waals surface area (Å²) in [5.74, 6) is 0.924. The minimum atomic E-state index is 0.0810. The van der Waals surface area contributed by atoms with Crippen molar-refractivity contribution in [1.29, 1.82) is 0 Å². The number of carbonyl (C=O) groups excluding carboxylic acids is 1. The summed E-state index contributed by atoms with van der Waals surface area (Å²) >= 11 is 0. The van der Waals surface area contributed by atoms with Crippen LogP contribution in [0.15, 0.2) is 42.5 Å². The van der Waals surface area contributed by atoms with Crippen molar-refractivity contribution in [3.05, 3.63) is 64.7 Å². The van der Waals surface area contributed by atoms with E-state index in [-0.39, 0.29) is 11.9 Å². The zero-order valence-electron chi connectivity index (χ0n) is 17.9. The van der Waals surface area contributed by atoms with Gasteiger partial charge in [0.15, 0.2) is 0 Å². The van der Waals surface area contributed by atoms with Crippen LogP contribution in [0.5, 0.6) is 5.75 Å². The quantitative estimate of drug-likeness (QED) is 0.764. The lowest BCUT2D eigenvalue weighted by Gasteiger charge is -2.35. The van der Waals surface area contributed by atoms with E-state index in [0.717, 1.165) is 44.0 Å². The van der Waals surface area contributed by atoms with Gasteiger partial charge in [-0.05, 0) is 60.1 Å². The van der Waals surface area contributed by atoms with E-state index in [0.29, 0.717) is 13.0 Å². The van der Waals surface area contributed by atoms with Crippen LogP contribution in [0.2, 0.25) is 0 Å². The molecule has 0 unspecified atom stereocenters. The van der Waals surface area contributed by atoms with Gasteiger partial charge in [-0.25, -0.2) is 0 Å². The second kappa shape index (κ2) is 10.1. The Morgan fingerprint density at radius 3 is 2.53 bits per heavy atom. The fourth-order valence-corrected chi connectivity index (χ4v) is 4.53. The minimum Gasteiger partial charge on any atom is -0.497 e. The van der Waals surface area contributed by atoms with Gasteiger partial charge in [-0.1, -0.05) is 30.3 Å². The van der Waals surface area contributed by atoms with Gasteiger partial charge in [0.05, 0.1) is 32.8 Å². The minimum absolute atomic E-state index is 0.0810. The molecular formula is C25H32N2O3. The summed E-state index contributed by atoms with van der Waals surface area (Å²) in [6, 6.07) is 14.8. The lowest BCUT2D eigenvalue weighted by molar-refractivity contribution is -0.120. The van der Waals surface area contributed by atoms with E-state index >= 15 is 0 Å². The Bertz CT molecular complexity index is 844. The fraction of sp³-hybridized carbons (Fsp3) is 0.480. The smallest absolute Gasteiger partial charge is 0.224 e. The molecule has 5 heteroatoms. The van der Waals surface area contributed by atoms with Gasteiger partial charge in [0.25, 0.3) is 0 Å². The number of morpholine rings is 1. The molecule has 1 aliphatic carbocycles. The summed E-state index contributed by atoms with van der Waals surface area (Å²) in [5.41, 5.74) is 5.18. The van der Waals surface area contributed by atoms with E-state index in [1.54, 1.807) is 7.11 Å². The number of rotatable bonds is 7. The number of fused-ring (bicyclic) bond motifs is 1. The number of carbonyl (C=O) groups is 1. The average molecular weight is 409 g/mol. The molecule has 1 fully saturated rings. The maximum Gasteiger partial charge on any atom is 0.224 e. The Labute approximate surface area is 179 Å². The molecule has 0 spiro atoms. The highest BCUT2D eigenvalue weighted by Crippen LogP contribution is 2.24. The predicted molar refractivity (Wildman–Crippen MR) is 118 cm³/mol. The standard InChI is InChI=1S/C25H32N2O3/c1-29-23-10-8-21(9-11-23)24(27-12-14-30-15-13-27)18-26-25(28)17-19-6-7-20-4-2-3-5-22(20)16-19/h6-11,16,24H,2-5,12-15,17-18H2,1H3,(H,26,28)/t24-/m0/s1. The molecule has 2 aromatic carbocycles. The molecule has 2 aliphatic rings. The molecule has 1 aliphatic heterocycles. The van der Waals surface area contributed by atoms with Crippen molar-refractivity contribution >= 4 is 5.91 Å². The van der Waals surface area contributed by atoms with Gasteiger partial charge in [-0.2, -0.15) is 0 Å². The van der Waals surface area contributed by atoms with Crippen molar-refractivity contribution in [2.45, 2.75) is 38.1 Å². The molecule has 0 saturated carbocycles. The van der Waals surface area contributed by atoms with E-state index in [4.69, 9.17) is 9.47 Å². The first kappa shape index (κ1) is 20.9. The van der Waals surface area contributed by atoms with Crippen LogP contribution in [0, 0.1) is 0 Å². The molecule has 0 bridgehead atoms. The third kappa shape index (κ3) is 5.21.